The van der Waals surface area contributed by atoms with E-state index in [9.17, 15) is 28.5 Å². The predicted molar refractivity (Wildman–Crippen MR) is 101 cm³/mol. The first-order chi connectivity index (χ1) is 13.8. The predicted octanol–water partition coefficient (Wildman–Crippen LogP) is 3.81. The fourth-order valence-electron chi connectivity index (χ4n) is 3.46. The van der Waals surface area contributed by atoms with Crippen LogP contribution in [0.1, 0.15) is 35.2 Å². The van der Waals surface area contributed by atoms with Crippen molar-refractivity contribution in [3.8, 4) is 0 Å². The highest BCUT2D eigenvalue weighted by Crippen LogP contribution is 2.24. The molecule has 1 aliphatic heterocycles. The van der Waals surface area contributed by atoms with Gasteiger partial charge in [-0.05, 0) is 50.5 Å². The van der Waals surface area contributed by atoms with Gasteiger partial charge in [-0.15, -0.1) is 0 Å². The van der Waals surface area contributed by atoms with E-state index in [0.29, 0.717) is 31.0 Å². The highest BCUT2D eigenvalue weighted by atomic mass is 19.1. The van der Waals surface area contributed by atoms with Gasteiger partial charge in [0.1, 0.15) is 17.7 Å². The number of amides is 2. The number of anilines is 1. The number of aryl methyl sites for hydroxylation is 1. The quantitative estimate of drug-likeness (QED) is 0.621. The van der Waals surface area contributed by atoms with Gasteiger partial charge in [-0.1, -0.05) is 0 Å². The fourth-order valence-corrected chi connectivity index (χ4v) is 3.46. The maximum Gasteiger partial charge on any atom is 0.272 e. The van der Waals surface area contributed by atoms with Crippen molar-refractivity contribution in [2.24, 2.45) is 0 Å². The standard InChI is InChI=1S/C20H19F2N3O4/c1-12-8-13(5-6-17(12)25(28)29)20(27)24-7-3-2-4-18(24)19(26)23-16-10-14(21)9-15(22)11-16/h5-6,8-11,18H,2-4,7H2,1H3,(H,23,26)/t18-/m1/s1. The van der Waals surface area contributed by atoms with Gasteiger partial charge < -0.3 is 10.2 Å². The maximum absolute atomic E-state index is 13.4. The van der Waals surface area contributed by atoms with Crippen molar-refractivity contribution in [1.29, 1.82) is 0 Å². The lowest BCUT2D eigenvalue weighted by Crippen LogP contribution is -2.50. The van der Waals surface area contributed by atoms with Crippen molar-refractivity contribution < 1.29 is 23.3 Å². The molecule has 1 N–H and O–H groups in total. The average molecular weight is 403 g/mol. The smallest absolute Gasteiger partial charge is 0.272 e. The Morgan fingerprint density at radius 1 is 1.14 bits per heavy atom. The summed E-state index contributed by atoms with van der Waals surface area (Å²) in [4.78, 5) is 37.5. The van der Waals surface area contributed by atoms with Gasteiger partial charge in [0, 0.05) is 35.5 Å². The fraction of sp³-hybridized carbons (Fsp3) is 0.300. The zero-order valence-corrected chi connectivity index (χ0v) is 15.7. The number of nitrogens with zero attached hydrogens (tertiary/aromatic N) is 2. The van der Waals surface area contributed by atoms with Crippen molar-refractivity contribution >= 4 is 23.2 Å². The Hall–Kier alpha value is -3.36. The van der Waals surface area contributed by atoms with Gasteiger partial charge in [0.25, 0.3) is 11.6 Å². The third-order valence-electron chi connectivity index (χ3n) is 4.84. The largest absolute Gasteiger partial charge is 0.327 e. The number of hydrogen-bond acceptors (Lipinski definition) is 4. The van der Waals surface area contributed by atoms with Crippen molar-refractivity contribution in [1.82, 2.24) is 4.90 Å². The van der Waals surface area contributed by atoms with Crippen molar-refractivity contribution in [3.05, 3.63) is 69.3 Å². The Labute approximate surface area is 165 Å². The van der Waals surface area contributed by atoms with Gasteiger partial charge >= 0.3 is 0 Å². The minimum Gasteiger partial charge on any atom is -0.327 e. The van der Waals surface area contributed by atoms with Crippen LogP contribution in [0.3, 0.4) is 0 Å². The second-order valence-electron chi connectivity index (χ2n) is 6.92. The van der Waals surface area contributed by atoms with Crippen molar-refractivity contribution in [3.63, 3.8) is 0 Å². The highest BCUT2D eigenvalue weighted by Gasteiger charge is 2.33. The lowest BCUT2D eigenvalue weighted by molar-refractivity contribution is -0.385. The monoisotopic (exact) mass is 403 g/mol. The summed E-state index contributed by atoms with van der Waals surface area (Å²) in [5.41, 5.74) is 0.456. The number of benzene rings is 2. The Morgan fingerprint density at radius 3 is 2.45 bits per heavy atom. The number of rotatable bonds is 4. The SMILES string of the molecule is Cc1cc(C(=O)N2CCCC[C@@H]2C(=O)Nc2cc(F)cc(F)c2)ccc1[N+](=O)[O-]. The van der Waals surface area contributed by atoms with Crippen LogP contribution in [0.2, 0.25) is 0 Å². The van der Waals surface area contributed by atoms with Crippen molar-refractivity contribution in [2.75, 3.05) is 11.9 Å². The van der Waals surface area contributed by atoms with Crippen LogP contribution < -0.4 is 5.32 Å². The number of carbonyl (C=O) groups excluding carboxylic acids is 2. The number of nitro benzene ring substituents is 1. The van der Waals surface area contributed by atoms with E-state index >= 15 is 0 Å². The Kier molecular flexibility index (Phi) is 5.86. The van der Waals surface area contributed by atoms with Crippen LogP contribution in [0.4, 0.5) is 20.2 Å². The van der Waals surface area contributed by atoms with Gasteiger partial charge in [0.05, 0.1) is 4.92 Å². The van der Waals surface area contributed by atoms with Crippen LogP contribution in [0, 0.1) is 28.7 Å². The second-order valence-corrected chi connectivity index (χ2v) is 6.92. The highest BCUT2D eigenvalue weighted by molar-refractivity contribution is 6.01. The Balaban J connectivity index is 1.81. The van der Waals surface area contributed by atoms with Gasteiger partial charge in [-0.2, -0.15) is 0 Å². The molecule has 2 aromatic carbocycles. The third-order valence-corrected chi connectivity index (χ3v) is 4.84. The number of piperidine rings is 1. The zero-order chi connectivity index (χ0) is 21.1. The number of nitrogens with one attached hydrogen (secondary N) is 1. The van der Waals surface area contributed by atoms with Crippen LogP contribution in [0.15, 0.2) is 36.4 Å². The molecular formula is C20H19F2N3O4. The molecule has 2 amide bonds. The van der Waals surface area contributed by atoms with E-state index in [1.807, 2.05) is 0 Å². The van der Waals surface area contributed by atoms with E-state index in [2.05, 4.69) is 5.32 Å². The number of nitro groups is 1. The van der Waals surface area contributed by atoms with Crippen LogP contribution in [0.5, 0.6) is 0 Å². The summed E-state index contributed by atoms with van der Waals surface area (Å²) < 4.78 is 26.7. The minimum absolute atomic E-state index is 0.0309. The lowest BCUT2D eigenvalue weighted by atomic mass is 9.99. The summed E-state index contributed by atoms with van der Waals surface area (Å²) >= 11 is 0. The molecule has 0 aromatic heterocycles. The topological polar surface area (TPSA) is 92.6 Å². The molecule has 7 nitrogen and oxygen atoms in total. The lowest BCUT2D eigenvalue weighted by Gasteiger charge is -2.34. The minimum atomic E-state index is -0.821. The summed E-state index contributed by atoms with van der Waals surface area (Å²) in [6.45, 7) is 1.87. The molecule has 152 valence electrons. The molecule has 0 aliphatic carbocycles. The van der Waals surface area contributed by atoms with Gasteiger partial charge in [-0.3, -0.25) is 19.7 Å². The Morgan fingerprint density at radius 2 is 1.83 bits per heavy atom. The first-order valence-corrected chi connectivity index (χ1v) is 9.09. The Bertz CT molecular complexity index is 960. The molecule has 1 atom stereocenters. The maximum atomic E-state index is 13.4. The van der Waals surface area contributed by atoms with Gasteiger partial charge in [0.15, 0.2) is 0 Å². The van der Waals surface area contributed by atoms with Crippen LogP contribution in [-0.2, 0) is 4.79 Å². The number of carbonyl (C=O) groups is 2. The molecule has 0 saturated carbocycles. The molecule has 0 radical (unpaired) electrons. The zero-order valence-electron chi connectivity index (χ0n) is 15.7. The van der Waals surface area contributed by atoms with Crippen molar-refractivity contribution in [2.45, 2.75) is 32.2 Å². The molecule has 29 heavy (non-hydrogen) atoms. The summed E-state index contributed by atoms with van der Waals surface area (Å²) in [6.07, 6.45) is 1.83. The molecule has 2 aromatic rings. The molecule has 1 heterocycles. The average Bonchev–Trinajstić information content (AvgIpc) is 2.66. The molecule has 1 aliphatic rings. The second kappa shape index (κ2) is 8.34. The van der Waals surface area contributed by atoms with E-state index in [-0.39, 0.29) is 16.9 Å². The van der Waals surface area contributed by atoms with Gasteiger partial charge in [-0.25, -0.2) is 8.78 Å². The molecule has 3 rings (SSSR count). The molecule has 9 heteroatoms. The third kappa shape index (κ3) is 4.56. The first-order valence-electron chi connectivity index (χ1n) is 9.09. The molecule has 1 saturated heterocycles. The number of halogens is 2. The number of likely N-dealkylation sites (tertiary alicyclic amines) is 1. The number of hydrogen-bond donors (Lipinski definition) is 1. The van der Waals surface area contributed by atoms with Crippen LogP contribution >= 0.6 is 0 Å². The normalized spacial score (nSPS) is 16.4. The van der Waals surface area contributed by atoms with E-state index in [4.69, 9.17) is 0 Å². The summed E-state index contributed by atoms with van der Waals surface area (Å²) in [5, 5.41) is 13.4. The van der Waals surface area contributed by atoms with Crippen LogP contribution in [-0.4, -0.2) is 34.2 Å². The molecule has 1 fully saturated rings. The van der Waals surface area contributed by atoms with E-state index in [0.717, 1.165) is 18.6 Å². The van der Waals surface area contributed by atoms with E-state index in [1.54, 1.807) is 0 Å². The van der Waals surface area contributed by atoms with E-state index < -0.39 is 34.4 Å². The molecule has 0 spiro atoms. The molecule has 0 bridgehead atoms. The summed E-state index contributed by atoms with van der Waals surface area (Å²) in [7, 11) is 0. The summed E-state index contributed by atoms with van der Waals surface area (Å²) in [6, 6.07) is 5.93. The first kappa shape index (κ1) is 20.4. The van der Waals surface area contributed by atoms with E-state index in [1.165, 1.54) is 30.0 Å². The summed E-state index contributed by atoms with van der Waals surface area (Å²) in [5.74, 6) is -2.61. The molecule has 0 unspecified atom stereocenters. The molecular weight excluding hydrogens is 384 g/mol. The van der Waals surface area contributed by atoms with Gasteiger partial charge in [0.2, 0.25) is 5.91 Å². The van der Waals surface area contributed by atoms with Crippen LogP contribution in [0.25, 0.3) is 0 Å².